The van der Waals surface area contributed by atoms with Crippen molar-refractivity contribution in [1.82, 2.24) is 15.4 Å². The van der Waals surface area contributed by atoms with Crippen molar-refractivity contribution in [2.24, 2.45) is 0 Å². The fraction of sp³-hybridized carbons (Fsp3) is 0.190. The molecule has 1 aliphatic rings. The SMILES string of the molecule is Nc1c(NNC(=O)Cc2ccccc2)ncnc1N1CCCc2ccccc21. The minimum Gasteiger partial charge on any atom is -0.393 e. The third-order valence-electron chi connectivity index (χ3n) is 4.76. The van der Waals surface area contributed by atoms with Crippen LogP contribution >= 0.6 is 0 Å². The Morgan fingerprint density at radius 1 is 1.07 bits per heavy atom. The molecule has 1 aromatic heterocycles. The Balaban J connectivity index is 1.49. The van der Waals surface area contributed by atoms with E-state index < -0.39 is 0 Å². The van der Waals surface area contributed by atoms with Crippen molar-refractivity contribution >= 4 is 28.9 Å². The van der Waals surface area contributed by atoms with Crippen molar-refractivity contribution in [3.8, 4) is 0 Å². The Morgan fingerprint density at radius 2 is 1.86 bits per heavy atom. The van der Waals surface area contributed by atoms with Crippen molar-refractivity contribution in [3.63, 3.8) is 0 Å². The molecule has 0 atom stereocenters. The summed E-state index contributed by atoms with van der Waals surface area (Å²) in [6.45, 7) is 0.831. The topological polar surface area (TPSA) is 96.2 Å². The van der Waals surface area contributed by atoms with E-state index in [0.717, 1.165) is 30.6 Å². The van der Waals surface area contributed by atoms with Crippen molar-refractivity contribution < 1.29 is 4.79 Å². The molecule has 1 aliphatic heterocycles. The lowest BCUT2D eigenvalue weighted by atomic mass is 10.0. The van der Waals surface area contributed by atoms with E-state index in [1.54, 1.807) is 0 Å². The number of benzene rings is 2. The molecule has 28 heavy (non-hydrogen) atoms. The van der Waals surface area contributed by atoms with Gasteiger partial charge in [0.2, 0.25) is 5.91 Å². The van der Waals surface area contributed by atoms with Crippen molar-refractivity contribution in [3.05, 3.63) is 72.1 Å². The summed E-state index contributed by atoms with van der Waals surface area (Å²) in [5.74, 6) is 0.852. The van der Waals surface area contributed by atoms with Gasteiger partial charge in [-0.1, -0.05) is 48.5 Å². The number of nitrogens with two attached hydrogens (primary N) is 1. The quantitative estimate of drug-likeness (QED) is 0.594. The number of hydrogen-bond acceptors (Lipinski definition) is 6. The van der Waals surface area contributed by atoms with E-state index in [9.17, 15) is 4.79 Å². The molecule has 0 radical (unpaired) electrons. The number of rotatable bonds is 5. The molecular formula is C21H22N6O. The van der Waals surface area contributed by atoms with Crippen LogP contribution < -0.4 is 21.5 Å². The molecule has 4 N–H and O–H groups in total. The molecule has 7 heteroatoms. The van der Waals surface area contributed by atoms with Crippen LogP contribution in [-0.2, 0) is 17.6 Å². The minimum absolute atomic E-state index is 0.172. The van der Waals surface area contributed by atoms with Crippen LogP contribution in [0.5, 0.6) is 0 Å². The third-order valence-corrected chi connectivity index (χ3v) is 4.76. The molecular weight excluding hydrogens is 352 g/mol. The molecule has 142 valence electrons. The summed E-state index contributed by atoms with van der Waals surface area (Å²) >= 11 is 0. The van der Waals surface area contributed by atoms with Crippen LogP contribution in [0.1, 0.15) is 17.5 Å². The molecule has 2 aromatic carbocycles. The number of hydrazine groups is 1. The van der Waals surface area contributed by atoms with Gasteiger partial charge in [0, 0.05) is 12.2 Å². The van der Waals surface area contributed by atoms with Gasteiger partial charge in [-0.15, -0.1) is 0 Å². The maximum atomic E-state index is 12.2. The molecule has 0 spiro atoms. The molecule has 0 aliphatic carbocycles. The molecule has 7 nitrogen and oxygen atoms in total. The molecule has 0 unspecified atom stereocenters. The monoisotopic (exact) mass is 374 g/mol. The molecule has 1 amide bonds. The van der Waals surface area contributed by atoms with Gasteiger partial charge in [0.25, 0.3) is 0 Å². The second-order valence-corrected chi connectivity index (χ2v) is 6.68. The Labute approximate surface area is 163 Å². The number of nitrogen functional groups attached to an aromatic ring is 1. The highest BCUT2D eigenvalue weighted by molar-refractivity contribution is 5.83. The van der Waals surface area contributed by atoms with Gasteiger partial charge < -0.3 is 10.6 Å². The Morgan fingerprint density at radius 3 is 2.71 bits per heavy atom. The number of aromatic nitrogens is 2. The van der Waals surface area contributed by atoms with Crippen molar-refractivity contribution in [1.29, 1.82) is 0 Å². The Bertz CT molecular complexity index is 976. The highest BCUT2D eigenvalue weighted by Crippen LogP contribution is 2.36. The zero-order valence-electron chi connectivity index (χ0n) is 15.4. The van der Waals surface area contributed by atoms with Crippen LogP contribution in [0.4, 0.5) is 23.0 Å². The molecule has 0 saturated heterocycles. The van der Waals surface area contributed by atoms with E-state index >= 15 is 0 Å². The molecule has 0 bridgehead atoms. The molecule has 4 rings (SSSR count). The van der Waals surface area contributed by atoms with E-state index in [-0.39, 0.29) is 12.3 Å². The number of fused-ring (bicyclic) bond motifs is 1. The lowest BCUT2D eigenvalue weighted by Crippen LogP contribution is -2.32. The second kappa shape index (κ2) is 7.96. The first kappa shape index (κ1) is 17.8. The van der Waals surface area contributed by atoms with Gasteiger partial charge >= 0.3 is 0 Å². The van der Waals surface area contributed by atoms with Gasteiger partial charge in [0.1, 0.15) is 12.0 Å². The summed E-state index contributed by atoms with van der Waals surface area (Å²) in [4.78, 5) is 22.9. The summed E-state index contributed by atoms with van der Waals surface area (Å²) in [5.41, 5.74) is 15.5. The van der Waals surface area contributed by atoms with Gasteiger partial charge in [0.05, 0.1) is 6.42 Å². The first-order chi connectivity index (χ1) is 13.7. The first-order valence-electron chi connectivity index (χ1n) is 9.27. The summed E-state index contributed by atoms with van der Waals surface area (Å²) in [7, 11) is 0. The molecule has 0 saturated carbocycles. The number of nitrogens with zero attached hydrogens (tertiary/aromatic N) is 3. The molecule has 2 heterocycles. The maximum Gasteiger partial charge on any atom is 0.242 e. The molecule has 0 fully saturated rings. The zero-order chi connectivity index (χ0) is 19.3. The van der Waals surface area contributed by atoms with Crippen LogP contribution in [0.2, 0.25) is 0 Å². The smallest absolute Gasteiger partial charge is 0.242 e. The first-order valence-corrected chi connectivity index (χ1v) is 9.27. The van der Waals surface area contributed by atoms with E-state index in [1.165, 1.54) is 11.9 Å². The average molecular weight is 374 g/mol. The summed E-state index contributed by atoms with van der Waals surface area (Å²) < 4.78 is 0. The van der Waals surface area contributed by atoms with Crippen LogP contribution in [0.25, 0.3) is 0 Å². The van der Waals surface area contributed by atoms with Gasteiger partial charge in [-0.3, -0.25) is 15.6 Å². The molecule has 3 aromatic rings. The lowest BCUT2D eigenvalue weighted by molar-refractivity contribution is -0.119. The fourth-order valence-electron chi connectivity index (χ4n) is 3.41. The predicted molar refractivity (Wildman–Crippen MR) is 110 cm³/mol. The zero-order valence-corrected chi connectivity index (χ0v) is 15.4. The summed E-state index contributed by atoms with van der Waals surface area (Å²) in [6, 6.07) is 17.8. The predicted octanol–water partition coefficient (Wildman–Crippen LogP) is 2.83. The Kier molecular flexibility index (Phi) is 5.05. The number of aryl methyl sites for hydroxylation is 1. The number of carbonyl (C=O) groups is 1. The van der Waals surface area contributed by atoms with Crippen LogP contribution in [-0.4, -0.2) is 22.4 Å². The largest absolute Gasteiger partial charge is 0.393 e. The highest BCUT2D eigenvalue weighted by atomic mass is 16.2. The van der Waals surface area contributed by atoms with Gasteiger partial charge in [-0.05, 0) is 30.0 Å². The number of nitrogens with one attached hydrogen (secondary N) is 2. The number of carbonyl (C=O) groups excluding carboxylic acids is 1. The van der Waals surface area contributed by atoms with Crippen LogP contribution in [0, 0.1) is 0 Å². The van der Waals surface area contributed by atoms with Crippen molar-refractivity contribution in [2.45, 2.75) is 19.3 Å². The van der Waals surface area contributed by atoms with Crippen molar-refractivity contribution in [2.75, 3.05) is 22.6 Å². The standard InChI is InChI=1S/C21H22N6O/c22-19-20(26-25-18(28)13-15-7-2-1-3-8-15)23-14-24-21(19)27-12-6-10-16-9-4-5-11-17(16)27/h1-5,7-9,11,14H,6,10,12-13,22H2,(H,25,28)(H,23,24,26). The van der Waals surface area contributed by atoms with Crippen LogP contribution in [0.15, 0.2) is 60.9 Å². The minimum atomic E-state index is -0.172. The van der Waals surface area contributed by atoms with E-state index in [1.807, 2.05) is 42.5 Å². The van der Waals surface area contributed by atoms with E-state index in [0.29, 0.717) is 17.3 Å². The highest BCUT2D eigenvalue weighted by Gasteiger charge is 2.22. The van der Waals surface area contributed by atoms with Crippen LogP contribution in [0.3, 0.4) is 0 Å². The number of anilines is 4. The van der Waals surface area contributed by atoms with Gasteiger partial charge in [0.15, 0.2) is 11.6 Å². The van der Waals surface area contributed by atoms with E-state index in [4.69, 9.17) is 5.73 Å². The maximum absolute atomic E-state index is 12.2. The fourth-order valence-corrected chi connectivity index (χ4v) is 3.41. The summed E-state index contributed by atoms with van der Waals surface area (Å²) in [6.07, 6.45) is 3.79. The van der Waals surface area contributed by atoms with Gasteiger partial charge in [-0.2, -0.15) is 0 Å². The number of para-hydroxylation sites is 1. The third kappa shape index (κ3) is 3.73. The van der Waals surface area contributed by atoms with Gasteiger partial charge in [-0.25, -0.2) is 9.97 Å². The number of amides is 1. The average Bonchev–Trinajstić information content (AvgIpc) is 2.73. The lowest BCUT2D eigenvalue weighted by Gasteiger charge is -2.31. The Hall–Kier alpha value is -3.61. The normalized spacial score (nSPS) is 12.9. The van der Waals surface area contributed by atoms with E-state index in [2.05, 4.69) is 37.9 Å². The second-order valence-electron chi connectivity index (χ2n) is 6.68. The number of hydrogen-bond donors (Lipinski definition) is 3. The summed E-state index contributed by atoms with van der Waals surface area (Å²) in [5, 5.41) is 0.